The van der Waals surface area contributed by atoms with E-state index in [0.717, 1.165) is 43.3 Å². The Morgan fingerprint density at radius 1 is 1.10 bits per heavy atom. The van der Waals surface area contributed by atoms with E-state index in [2.05, 4.69) is 57.1 Å². The zero-order valence-corrected chi connectivity index (χ0v) is 18.3. The highest BCUT2D eigenvalue weighted by Gasteiger charge is 2.19. The quantitative estimate of drug-likeness (QED) is 0.661. The lowest BCUT2D eigenvalue weighted by atomic mass is 10.1. The summed E-state index contributed by atoms with van der Waals surface area (Å²) >= 11 is 1.48. The predicted molar refractivity (Wildman–Crippen MR) is 122 cm³/mol. The van der Waals surface area contributed by atoms with Crippen LogP contribution < -0.4 is 10.2 Å². The van der Waals surface area contributed by atoms with Crippen molar-refractivity contribution >= 4 is 22.9 Å². The molecule has 0 spiro atoms. The number of rotatable bonds is 6. The van der Waals surface area contributed by atoms with Gasteiger partial charge < -0.3 is 10.2 Å². The van der Waals surface area contributed by atoms with Gasteiger partial charge in [0.2, 0.25) is 0 Å². The number of pyridine rings is 1. The summed E-state index contributed by atoms with van der Waals surface area (Å²) < 4.78 is 0. The minimum absolute atomic E-state index is 0.111. The van der Waals surface area contributed by atoms with Crippen molar-refractivity contribution in [2.24, 2.45) is 0 Å². The number of anilines is 1. The van der Waals surface area contributed by atoms with Gasteiger partial charge in [0, 0.05) is 68.3 Å². The van der Waals surface area contributed by atoms with Gasteiger partial charge in [-0.15, -0.1) is 11.3 Å². The fourth-order valence-electron chi connectivity index (χ4n) is 3.71. The zero-order chi connectivity index (χ0) is 20.9. The first-order chi connectivity index (χ1) is 14.6. The summed E-state index contributed by atoms with van der Waals surface area (Å²) in [5, 5.41) is 5.66. The van der Waals surface area contributed by atoms with Crippen molar-refractivity contribution in [2.75, 3.05) is 44.2 Å². The largest absolute Gasteiger partial charge is 0.369 e. The lowest BCUT2D eigenvalue weighted by Crippen LogP contribution is -2.48. The Kier molecular flexibility index (Phi) is 6.40. The van der Waals surface area contributed by atoms with Gasteiger partial charge in [-0.05, 0) is 43.2 Å². The Bertz CT molecular complexity index is 996. The summed E-state index contributed by atoms with van der Waals surface area (Å²) in [4.78, 5) is 25.8. The molecule has 0 bridgehead atoms. The van der Waals surface area contributed by atoms with Gasteiger partial charge in [0.15, 0.2) is 0 Å². The summed E-state index contributed by atoms with van der Waals surface area (Å²) in [6.07, 6.45) is 3.47. The molecule has 0 saturated carbocycles. The number of hydrogen-bond donors (Lipinski definition) is 1. The third kappa shape index (κ3) is 4.68. The minimum Gasteiger partial charge on any atom is -0.369 e. The van der Waals surface area contributed by atoms with E-state index in [1.807, 2.05) is 17.5 Å². The normalized spacial score (nSPS) is 14.7. The first-order valence-corrected chi connectivity index (χ1v) is 11.2. The van der Waals surface area contributed by atoms with Crippen LogP contribution in [0.4, 0.5) is 5.69 Å². The van der Waals surface area contributed by atoms with Crippen molar-refractivity contribution in [1.29, 1.82) is 0 Å². The highest BCUT2D eigenvalue weighted by atomic mass is 32.1. The number of piperazine rings is 1. The number of hydrogen-bond acceptors (Lipinski definition) is 6. The third-order valence-corrected chi connectivity index (χ3v) is 6.56. The first-order valence-electron chi connectivity index (χ1n) is 10.3. The molecule has 0 aliphatic carbocycles. The molecule has 6 nitrogen and oxygen atoms in total. The van der Waals surface area contributed by atoms with Crippen molar-refractivity contribution < 1.29 is 4.79 Å². The topological polar surface area (TPSA) is 61.4 Å². The van der Waals surface area contributed by atoms with Crippen LogP contribution in [0, 0.1) is 13.8 Å². The molecule has 2 aromatic heterocycles. The number of aromatic nitrogens is 2. The van der Waals surface area contributed by atoms with Crippen LogP contribution in [0.5, 0.6) is 0 Å². The molecule has 1 saturated heterocycles. The van der Waals surface area contributed by atoms with Gasteiger partial charge in [0.25, 0.3) is 5.91 Å². The van der Waals surface area contributed by atoms with Crippen molar-refractivity contribution in [3.63, 3.8) is 0 Å². The summed E-state index contributed by atoms with van der Waals surface area (Å²) in [5.41, 5.74) is 5.51. The smallest absolute Gasteiger partial charge is 0.270 e. The minimum atomic E-state index is -0.111. The third-order valence-electron chi connectivity index (χ3n) is 5.67. The van der Waals surface area contributed by atoms with Crippen LogP contribution in [-0.4, -0.2) is 60.0 Å². The molecule has 1 N–H and O–H groups in total. The Morgan fingerprint density at radius 2 is 1.87 bits per heavy atom. The highest BCUT2D eigenvalue weighted by molar-refractivity contribution is 7.13. The number of benzene rings is 1. The van der Waals surface area contributed by atoms with Crippen molar-refractivity contribution in [2.45, 2.75) is 13.8 Å². The molecule has 0 unspecified atom stereocenters. The molecule has 3 aromatic rings. The van der Waals surface area contributed by atoms with E-state index in [9.17, 15) is 4.79 Å². The van der Waals surface area contributed by atoms with Crippen LogP contribution in [0.25, 0.3) is 10.6 Å². The number of nitrogens with zero attached hydrogens (tertiary/aromatic N) is 4. The standard InChI is InChI=1S/C23H27N5OS/c1-17-4-3-5-21(18(17)2)28-14-12-27(13-15-28)11-10-25-22(29)20-16-30-23(26-20)19-6-8-24-9-7-19/h3-9,16H,10-15H2,1-2H3,(H,25,29). The molecule has 1 fully saturated rings. The molecule has 0 atom stereocenters. The van der Waals surface area contributed by atoms with E-state index in [0.29, 0.717) is 12.2 Å². The summed E-state index contributed by atoms with van der Waals surface area (Å²) in [5.74, 6) is -0.111. The van der Waals surface area contributed by atoms with E-state index < -0.39 is 0 Å². The SMILES string of the molecule is Cc1cccc(N2CCN(CCNC(=O)c3csc(-c4ccncc4)n3)CC2)c1C. The lowest BCUT2D eigenvalue weighted by molar-refractivity contribution is 0.0943. The maximum absolute atomic E-state index is 12.4. The molecule has 1 aromatic carbocycles. The van der Waals surface area contributed by atoms with Crippen LogP contribution in [-0.2, 0) is 0 Å². The maximum Gasteiger partial charge on any atom is 0.270 e. The number of carbonyl (C=O) groups is 1. The monoisotopic (exact) mass is 421 g/mol. The molecular weight excluding hydrogens is 394 g/mol. The first kappa shape index (κ1) is 20.5. The maximum atomic E-state index is 12.4. The summed E-state index contributed by atoms with van der Waals surface area (Å²) in [7, 11) is 0. The molecule has 0 radical (unpaired) electrons. The molecular formula is C23H27N5OS. The van der Waals surface area contributed by atoms with Gasteiger partial charge in [-0.25, -0.2) is 4.98 Å². The van der Waals surface area contributed by atoms with Crippen LogP contribution in [0.3, 0.4) is 0 Å². The van der Waals surface area contributed by atoms with E-state index in [1.54, 1.807) is 12.4 Å². The van der Waals surface area contributed by atoms with Crippen LogP contribution in [0.15, 0.2) is 48.1 Å². The van der Waals surface area contributed by atoms with Gasteiger partial charge in [-0.2, -0.15) is 0 Å². The second kappa shape index (κ2) is 9.36. The average Bonchev–Trinajstić information content (AvgIpc) is 3.27. The van der Waals surface area contributed by atoms with Gasteiger partial charge in [0.05, 0.1) is 0 Å². The van der Waals surface area contributed by atoms with E-state index >= 15 is 0 Å². The van der Waals surface area contributed by atoms with Crippen molar-refractivity contribution in [3.05, 3.63) is 64.9 Å². The Morgan fingerprint density at radius 3 is 2.63 bits per heavy atom. The molecule has 4 rings (SSSR count). The van der Waals surface area contributed by atoms with Gasteiger partial charge in [-0.3, -0.25) is 14.7 Å². The van der Waals surface area contributed by atoms with Gasteiger partial charge in [0.1, 0.15) is 10.7 Å². The van der Waals surface area contributed by atoms with E-state index in [-0.39, 0.29) is 5.91 Å². The molecule has 1 aliphatic heterocycles. The molecule has 1 aliphatic rings. The zero-order valence-electron chi connectivity index (χ0n) is 17.5. The van der Waals surface area contributed by atoms with Crippen LogP contribution >= 0.6 is 11.3 Å². The van der Waals surface area contributed by atoms with Crippen LogP contribution in [0.1, 0.15) is 21.6 Å². The molecule has 156 valence electrons. The average molecular weight is 422 g/mol. The molecule has 30 heavy (non-hydrogen) atoms. The van der Waals surface area contributed by atoms with Crippen molar-refractivity contribution in [3.8, 4) is 10.6 Å². The van der Waals surface area contributed by atoms with Crippen molar-refractivity contribution in [1.82, 2.24) is 20.2 Å². The summed E-state index contributed by atoms with van der Waals surface area (Å²) in [6.45, 7) is 9.89. The van der Waals surface area contributed by atoms with Crippen LogP contribution in [0.2, 0.25) is 0 Å². The molecule has 7 heteroatoms. The number of nitrogens with one attached hydrogen (secondary N) is 1. The fourth-order valence-corrected chi connectivity index (χ4v) is 4.52. The Hall–Kier alpha value is -2.77. The van der Waals surface area contributed by atoms with Gasteiger partial charge in [-0.1, -0.05) is 12.1 Å². The molecule has 3 heterocycles. The van der Waals surface area contributed by atoms with E-state index in [1.165, 1.54) is 28.2 Å². The Balaban J connectivity index is 1.23. The lowest BCUT2D eigenvalue weighted by Gasteiger charge is -2.37. The number of thiazole rings is 1. The number of amides is 1. The number of aryl methyl sites for hydroxylation is 1. The highest BCUT2D eigenvalue weighted by Crippen LogP contribution is 2.24. The van der Waals surface area contributed by atoms with Gasteiger partial charge >= 0.3 is 0 Å². The number of carbonyl (C=O) groups excluding carboxylic acids is 1. The fraction of sp³-hybridized carbons (Fsp3) is 0.348. The van der Waals surface area contributed by atoms with E-state index in [4.69, 9.17) is 0 Å². The second-order valence-corrected chi connectivity index (χ2v) is 8.44. The Labute approximate surface area is 181 Å². The predicted octanol–water partition coefficient (Wildman–Crippen LogP) is 3.37. The summed E-state index contributed by atoms with van der Waals surface area (Å²) in [6, 6.07) is 10.3. The second-order valence-electron chi connectivity index (χ2n) is 7.58. The molecule has 1 amide bonds.